The molecule has 0 aliphatic rings. The highest BCUT2D eigenvalue weighted by atomic mass is 16.3. The summed E-state index contributed by atoms with van der Waals surface area (Å²) in [4.78, 5) is 0. The average molecular weight is 87.1 g/mol. The number of hydrogen-bond acceptors (Lipinski definition) is 2. The van der Waals surface area contributed by atoms with Crippen molar-refractivity contribution in [3.05, 3.63) is 11.8 Å². The minimum Gasteiger partial charge on any atom is -0.504 e. The molecule has 0 bridgehead atoms. The summed E-state index contributed by atoms with van der Waals surface area (Å²) in [5, 5.41) is 16.0. The second-order valence-electron chi connectivity index (χ2n) is 1.05. The molecular weight excluding hydrogens is 80.0 g/mol. The normalized spacial score (nSPS) is 12.0. The van der Waals surface area contributed by atoms with Crippen molar-refractivity contribution in [2.75, 3.05) is 6.61 Å². The van der Waals surface area contributed by atoms with Crippen LogP contribution in [0.5, 0.6) is 0 Å². The van der Waals surface area contributed by atoms with Gasteiger partial charge in [0.25, 0.3) is 0 Å². The Balaban J connectivity index is 3.22. The molecule has 0 fully saturated rings. The Morgan fingerprint density at radius 1 is 1.83 bits per heavy atom. The smallest absolute Gasteiger partial charge is 0.158 e. The highest BCUT2D eigenvalue weighted by Crippen LogP contribution is 1.81. The van der Waals surface area contributed by atoms with Crippen LogP contribution in [-0.4, -0.2) is 16.8 Å². The van der Waals surface area contributed by atoms with Crippen molar-refractivity contribution in [2.24, 2.45) is 0 Å². The van der Waals surface area contributed by atoms with E-state index in [1.807, 2.05) is 0 Å². The number of aliphatic hydroxyl groups excluding tert-OH is 2. The van der Waals surface area contributed by atoms with E-state index in [0.29, 0.717) is 5.57 Å². The maximum Gasteiger partial charge on any atom is 0.158 e. The van der Waals surface area contributed by atoms with Crippen molar-refractivity contribution in [1.82, 2.24) is 0 Å². The van der Waals surface area contributed by atoms with Crippen LogP contribution in [0.2, 0.25) is 0 Å². The first kappa shape index (κ1) is 5.50. The monoisotopic (exact) mass is 87.0 g/mol. The van der Waals surface area contributed by atoms with Crippen LogP contribution in [0.15, 0.2) is 5.57 Å². The van der Waals surface area contributed by atoms with E-state index >= 15 is 0 Å². The van der Waals surface area contributed by atoms with Gasteiger partial charge in [-0.05, 0) is 12.5 Å². The first-order valence-corrected chi connectivity index (χ1v) is 1.64. The quantitative estimate of drug-likeness (QED) is 0.450. The van der Waals surface area contributed by atoms with Crippen LogP contribution in [0.4, 0.5) is 0 Å². The first-order chi connectivity index (χ1) is 2.81. The van der Waals surface area contributed by atoms with Crippen molar-refractivity contribution in [3.8, 4) is 0 Å². The molecule has 0 aliphatic heterocycles. The molecule has 2 heteroatoms. The summed E-state index contributed by atoms with van der Waals surface area (Å²) in [6.45, 7) is 1.47. The molecule has 0 aromatic heterocycles. The van der Waals surface area contributed by atoms with Gasteiger partial charge in [-0.1, -0.05) is 0 Å². The first-order valence-electron chi connectivity index (χ1n) is 1.64. The Bertz CT molecular complexity index is 56.6. The summed E-state index contributed by atoms with van der Waals surface area (Å²) >= 11 is 0. The van der Waals surface area contributed by atoms with Crippen molar-refractivity contribution < 1.29 is 10.2 Å². The van der Waals surface area contributed by atoms with Crippen LogP contribution < -0.4 is 0 Å². The van der Waals surface area contributed by atoms with E-state index in [1.165, 1.54) is 0 Å². The van der Waals surface area contributed by atoms with Crippen molar-refractivity contribution >= 4 is 0 Å². The summed E-state index contributed by atoms with van der Waals surface area (Å²) < 4.78 is 0. The molecular formula is C4H7O2. The molecule has 1 radical (unpaired) electrons. The summed E-state index contributed by atoms with van der Waals surface area (Å²) in [7, 11) is 0. The molecule has 0 saturated carbocycles. The van der Waals surface area contributed by atoms with Gasteiger partial charge in [0.15, 0.2) is 6.26 Å². The highest BCUT2D eigenvalue weighted by Gasteiger charge is 1.78. The van der Waals surface area contributed by atoms with Crippen LogP contribution in [0.1, 0.15) is 6.92 Å². The Kier molecular flexibility index (Phi) is 2.50. The molecule has 0 unspecified atom stereocenters. The Morgan fingerprint density at radius 2 is 2.33 bits per heavy atom. The number of rotatable bonds is 1. The largest absolute Gasteiger partial charge is 0.504 e. The van der Waals surface area contributed by atoms with Gasteiger partial charge in [0.1, 0.15) is 0 Å². The molecule has 0 spiro atoms. The van der Waals surface area contributed by atoms with E-state index in [-0.39, 0.29) is 6.61 Å². The molecule has 0 heterocycles. The van der Waals surface area contributed by atoms with Crippen molar-refractivity contribution in [2.45, 2.75) is 6.92 Å². The lowest BCUT2D eigenvalue weighted by Crippen LogP contribution is -1.81. The van der Waals surface area contributed by atoms with Gasteiger partial charge in [-0.25, -0.2) is 0 Å². The molecule has 6 heavy (non-hydrogen) atoms. The van der Waals surface area contributed by atoms with E-state index in [4.69, 9.17) is 10.2 Å². The van der Waals surface area contributed by atoms with Gasteiger partial charge in [-0.15, -0.1) is 0 Å². The summed E-state index contributed by atoms with van der Waals surface area (Å²) in [6, 6.07) is 0. The van der Waals surface area contributed by atoms with E-state index in [0.717, 1.165) is 0 Å². The maximum atomic E-state index is 8.08. The Hall–Kier alpha value is -0.500. The lowest BCUT2D eigenvalue weighted by molar-refractivity contribution is 0.319. The minimum absolute atomic E-state index is 0.115. The fourth-order valence-corrected chi connectivity index (χ4v) is 0.0354. The lowest BCUT2D eigenvalue weighted by Gasteiger charge is -1.82. The molecule has 0 amide bonds. The third-order valence-electron chi connectivity index (χ3n) is 0.428. The van der Waals surface area contributed by atoms with E-state index < -0.39 is 0 Å². The summed E-state index contributed by atoms with van der Waals surface area (Å²) in [6.07, 6.45) is 1.78. The summed E-state index contributed by atoms with van der Waals surface area (Å²) in [5.74, 6) is 0. The average Bonchev–Trinajstić information content (AvgIpc) is 1.65. The third kappa shape index (κ3) is 1.79. The van der Waals surface area contributed by atoms with Crippen LogP contribution in [0.3, 0.4) is 0 Å². The number of aliphatic hydroxyl groups is 2. The van der Waals surface area contributed by atoms with Gasteiger partial charge in [0.2, 0.25) is 0 Å². The van der Waals surface area contributed by atoms with Crippen LogP contribution in [0.25, 0.3) is 0 Å². The van der Waals surface area contributed by atoms with Gasteiger partial charge in [0.05, 0.1) is 6.61 Å². The summed E-state index contributed by atoms with van der Waals surface area (Å²) in [5.41, 5.74) is 0.454. The van der Waals surface area contributed by atoms with Gasteiger partial charge in [-0.2, -0.15) is 0 Å². The highest BCUT2D eigenvalue weighted by molar-refractivity contribution is 4.85. The predicted molar refractivity (Wildman–Crippen MR) is 22.1 cm³/mol. The van der Waals surface area contributed by atoms with Crippen molar-refractivity contribution in [3.63, 3.8) is 0 Å². The topological polar surface area (TPSA) is 40.5 Å². The molecule has 0 aromatic carbocycles. The van der Waals surface area contributed by atoms with E-state index in [2.05, 4.69) is 0 Å². The predicted octanol–water partition coefficient (Wildman–Crippen LogP) is 0.244. The zero-order valence-corrected chi connectivity index (χ0v) is 3.60. The van der Waals surface area contributed by atoms with E-state index in [1.54, 1.807) is 13.2 Å². The van der Waals surface area contributed by atoms with Crippen LogP contribution >= 0.6 is 0 Å². The van der Waals surface area contributed by atoms with Gasteiger partial charge in [-0.3, -0.25) is 0 Å². The SMILES string of the molecule is C/C(=[C]\O)CO. The van der Waals surface area contributed by atoms with Crippen LogP contribution in [0, 0.1) is 6.26 Å². The maximum absolute atomic E-state index is 8.08. The molecule has 0 saturated heterocycles. The molecule has 2 nitrogen and oxygen atoms in total. The van der Waals surface area contributed by atoms with Gasteiger partial charge < -0.3 is 10.2 Å². The number of hydrogen-bond donors (Lipinski definition) is 2. The fourth-order valence-electron chi connectivity index (χ4n) is 0.0354. The standard InChI is InChI=1S/C4H7O2/c1-4(2-5)3-6/h5-6H,2H2,1H3. The molecule has 0 aliphatic carbocycles. The van der Waals surface area contributed by atoms with Crippen LogP contribution in [-0.2, 0) is 0 Å². The molecule has 0 aromatic rings. The Morgan fingerprint density at radius 3 is 2.33 bits per heavy atom. The second kappa shape index (κ2) is 2.72. The lowest BCUT2D eigenvalue weighted by atomic mass is 10.4. The second-order valence-corrected chi connectivity index (χ2v) is 1.05. The zero-order valence-electron chi connectivity index (χ0n) is 3.60. The molecule has 0 atom stereocenters. The van der Waals surface area contributed by atoms with Crippen molar-refractivity contribution in [1.29, 1.82) is 0 Å². The minimum atomic E-state index is -0.115. The van der Waals surface area contributed by atoms with Gasteiger partial charge in [0, 0.05) is 0 Å². The third-order valence-corrected chi connectivity index (χ3v) is 0.428. The Labute approximate surface area is 36.7 Å². The fraction of sp³-hybridized carbons (Fsp3) is 0.500. The van der Waals surface area contributed by atoms with E-state index in [9.17, 15) is 0 Å². The van der Waals surface area contributed by atoms with Gasteiger partial charge >= 0.3 is 0 Å². The zero-order chi connectivity index (χ0) is 4.99. The molecule has 2 N–H and O–H groups in total. The molecule has 35 valence electrons. The molecule has 0 rings (SSSR count).